The van der Waals surface area contributed by atoms with Crippen LogP contribution in [0.1, 0.15) is 13.2 Å². The van der Waals surface area contributed by atoms with E-state index in [-0.39, 0.29) is 0 Å². The highest BCUT2D eigenvalue weighted by Crippen LogP contribution is 2.66. The third-order valence-corrected chi connectivity index (χ3v) is 8.26. The van der Waals surface area contributed by atoms with Crippen molar-refractivity contribution in [1.82, 2.24) is 14.5 Å². The lowest BCUT2D eigenvalue weighted by Gasteiger charge is -2.26. The predicted octanol–water partition coefficient (Wildman–Crippen LogP) is -2.18. The summed E-state index contributed by atoms with van der Waals surface area (Å²) in [7, 11) is -17.0. The van der Waals surface area contributed by atoms with Crippen LogP contribution in [0, 0.1) is 12.0 Å². The number of phosphoric acid groups is 3. The minimum Gasteiger partial charge on any atom is -0.387 e. The number of aliphatic hydroxyl groups is 1. The molecule has 3 unspecified atom stereocenters. The molecule has 0 aliphatic carbocycles. The quantitative estimate of drug-likeness (QED) is 0.0774. The van der Waals surface area contributed by atoms with E-state index in [4.69, 9.17) is 31.9 Å². The van der Waals surface area contributed by atoms with Crippen molar-refractivity contribution in [3.05, 3.63) is 27.3 Å². The zero-order valence-electron chi connectivity index (χ0n) is 16.0. The van der Waals surface area contributed by atoms with Crippen molar-refractivity contribution >= 4 is 35.1 Å². The van der Waals surface area contributed by atoms with Gasteiger partial charge in [-0.25, -0.2) is 23.3 Å². The van der Waals surface area contributed by atoms with E-state index in [9.17, 15) is 38.2 Å². The first kappa shape index (κ1) is 27.8. The lowest BCUT2D eigenvalue weighted by Crippen LogP contribution is -2.45. The van der Waals surface area contributed by atoms with Gasteiger partial charge in [0.1, 0.15) is 18.5 Å². The standard InChI is InChI=1S/C11H16ClN4O14P3/c1-5(28-32(23,24)30-33(25,26)29-31(20,21)22)6-7(17)11(12,2-3-13)8(27-6)16-4-14-9(18)15-10(16)19/h4-8,17H,13H2,1H3,(H,23,24)(H,25,26)(H,15,18,19)(H2,20,21,22)/t5-,6-,7+,8-,11?/m1/s1. The minimum atomic E-state index is -5.80. The minimum absolute atomic E-state index is 0.625. The topological polar surface area (TPSA) is 283 Å². The Balaban J connectivity index is 2.32. The van der Waals surface area contributed by atoms with Crippen LogP contribution in [-0.2, 0) is 31.6 Å². The first-order chi connectivity index (χ1) is 14.9. The van der Waals surface area contributed by atoms with E-state index < -0.39 is 64.3 Å². The molecule has 2 heterocycles. The highest BCUT2D eigenvalue weighted by Gasteiger charge is 2.58. The van der Waals surface area contributed by atoms with Gasteiger partial charge in [0.05, 0.1) is 6.10 Å². The van der Waals surface area contributed by atoms with Crippen molar-refractivity contribution in [2.24, 2.45) is 5.73 Å². The monoisotopic (exact) mass is 556 g/mol. The maximum atomic E-state index is 12.1. The Hall–Kier alpha value is -1.41. The van der Waals surface area contributed by atoms with E-state index >= 15 is 0 Å². The second-order valence-corrected chi connectivity index (χ2v) is 11.2. The van der Waals surface area contributed by atoms with E-state index in [0.717, 1.165) is 6.92 Å². The summed E-state index contributed by atoms with van der Waals surface area (Å²) in [4.78, 5) is 62.2. The van der Waals surface area contributed by atoms with Crippen LogP contribution in [0.3, 0.4) is 0 Å². The molecular formula is C11H16ClN4O14P3. The van der Waals surface area contributed by atoms with Gasteiger partial charge in [0, 0.05) is 6.04 Å². The average molecular weight is 557 g/mol. The molecule has 18 nitrogen and oxygen atoms in total. The number of nitrogens with one attached hydrogen (secondary N) is 1. The SMILES string of the molecule is C[C@@H](OP(=O)(O)OP(=O)(O)OP(=O)(O)O)[C@H]1O[C@@H](n2cnc(=O)[nH]c2=O)C(Cl)(C#CN)[C@H]1O. The summed E-state index contributed by atoms with van der Waals surface area (Å²) < 4.78 is 52.0. The number of aromatic amines is 1. The van der Waals surface area contributed by atoms with E-state index in [2.05, 4.69) is 24.0 Å². The normalized spacial score (nSPS) is 30.0. The zero-order valence-corrected chi connectivity index (χ0v) is 19.4. The molecule has 0 bridgehead atoms. The summed E-state index contributed by atoms with van der Waals surface area (Å²) >= 11 is 6.31. The number of hydrogen-bond donors (Lipinski definition) is 7. The number of hydrogen-bond acceptors (Lipinski definition) is 12. The second-order valence-electron chi connectivity index (χ2n) is 6.22. The third kappa shape index (κ3) is 6.81. The molecule has 1 saturated heterocycles. The van der Waals surface area contributed by atoms with Crippen LogP contribution in [0.2, 0.25) is 0 Å². The maximum Gasteiger partial charge on any atom is 0.490 e. The number of rotatable bonds is 8. The van der Waals surface area contributed by atoms with Gasteiger partial charge in [0.25, 0.3) is 0 Å². The number of H-pyrrole nitrogens is 1. The lowest BCUT2D eigenvalue weighted by molar-refractivity contribution is -0.0752. The molecule has 2 rings (SSSR count). The smallest absolute Gasteiger partial charge is 0.387 e. The largest absolute Gasteiger partial charge is 0.490 e. The fraction of sp³-hybridized carbons (Fsp3) is 0.545. The summed E-state index contributed by atoms with van der Waals surface area (Å²) in [6.45, 7) is 0.996. The Morgan fingerprint density at radius 3 is 2.39 bits per heavy atom. The number of halogens is 1. The van der Waals surface area contributed by atoms with Crippen LogP contribution in [0.4, 0.5) is 0 Å². The van der Waals surface area contributed by atoms with Gasteiger partial charge in [-0.05, 0) is 12.8 Å². The molecule has 186 valence electrons. The summed E-state index contributed by atoms with van der Waals surface area (Å²) in [6.07, 6.45) is -6.32. The van der Waals surface area contributed by atoms with Gasteiger partial charge in [0.15, 0.2) is 11.1 Å². The van der Waals surface area contributed by atoms with Gasteiger partial charge in [-0.15, -0.1) is 0 Å². The molecular weight excluding hydrogens is 541 g/mol. The fourth-order valence-corrected chi connectivity index (χ4v) is 6.22. The van der Waals surface area contributed by atoms with Gasteiger partial charge in [0.2, 0.25) is 0 Å². The molecule has 33 heavy (non-hydrogen) atoms. The Morgan fingerprint density at radius 2 is 1.88 bits per heavy atom. The van der Waals surface area contributed by atoms with Crippen molar-refractivity contribution < 1.29 is 56.3 Å². The van der Waals surface area contributed by atoms with Gasteiger partial charge in [-0.1, -0.05) is 11.6 Å². The number of aromatic nitrogens is 3. The van der Waals surface area contributed by atoms with Gasteiger partial charge in [-0.3, -0.25) is 14.1 Å². The number of ether oxygens (including phenoxy) is 1. The number of phosphoric ester groups is 1. The number of nitrogens with zero attached hydrogens (tertiary/aromatic N) is 2. The van der Waals surface area contributed by atoms with Crippen LogP contribution >= 0.6 is 35.1 Å². The Kier molecular flexibility index (Phi) is 8.17. The molecule has 1 aromatic heterocycles. The van der Waals surface area contributed by atoms with E-state index in [0.29, 0.717) is 10.9 Å². The average Bonchev–Trinajstić information content (AvgIpc) is 2.83. The van der Waals surface area contributed by atoms with Crippen LogP contribution in [0.15, 0.2) is 15.9 Å². The Labute approximate surface area is 187 Å². The van der Waals surface area contributed by atoms with Crippen LogP contribution in [0.25, 0.3) is 0 Å². The molecule has 0 spiro atoms. The molecule has 1 fully saturated rings. The predicted molar refractivity (Wildman–Crippen MR) is 104 cm³/mol. The van der Waals surface area contributed by atoms with E-state index in [1.165, 1.54) is 0 Å². The Bertz CT molecular complexity index is 1220. The van der Waals surface area contributed by atoms with Crippen LogP contribution < -0.4 is 17.1 Å². The molecule has 22 heteroatoms. The number of aliphatic hydroxyl groups excluding tert-OH is 1. The van der Waals surface area contributed by atoms with Crippen molar-refractivity contribution in [3.63, 3.8) is 0 Å². The van der Waals surface area contributed by atoms with Crippen molar-refractivity contribution in [3.8, 4) is 12.0 Å². The molecule has 1 aromatic rings. The number of nitrogens with two attached hydrogens (primary N) is 1. The summed E-state index contributed by atoms with van der Waals surface area (Å²) in [6, 6.07) is 1.91. The van der Waals surface area contributed by atoms with Crippen LogP contribution in [0.5, 0.6) is 0 Å². The molecule has 0 radical (unpaired) electrons. The molecule has 1 aliphatic heterocycles. The first-order valence-corrected chi connectivity index (χ1v) is 13.1. The molecule has 0 saturated carbocycles. The summed E-state index contributed by atoms with van der Waals surface area (Å²) in [5.74, 6) is 2.20. The molecule has 0 amide bonds. The van der Waals surface area contributed by atoms with Gasteiger partial charge >= 0.3 is 34.8 Å². The molecule has 1 aliphatic rings. The summed E-state index contributed by atoms with van der Waals surface area (Å²) in [5, 5.41) is 10.6. The van der Waals surface area contributed by atoms with Crippen molar-refractivity contribution in [2.75, 3.05) is 0 Å². The molecule has 0 aromatic carbocycles. The van der Waals surface area contributed by atoms with Gasteiger partial charge in [-0.2, -0.15) is 13.6 Å². The highest BCUT2D eigenvalue weighted by atomic mass is 35.5. The lowest BCUT2D eigenvalue weighted by atomic mass is 9.97. The van der Waals surface area contributed by atoms with Crippen LogP contribution in [-0.4, -0.2) is 62.4 Å². The first-order valence-electron chi connectivity index (χ1n) is 8.15. The van der Waals surface area contributed by atoms with E-state index in [1.54, 1.807) is 4.98 Å². The van der Waals surface area contributed by atoms with E-state index in [1.807, 2.05) is 6.04 Å². The highest BCUT2D eigenvalue weighted by molar-refractivity contribution is 7.66. The zero-order chi connectivity index (χ0) is 25.4. The Morgan fingerprint density at radius 1 is 1.27 bits per heavy atom. The fourth-order valence-electron chi connectivity index (χ4n) is 2.68. The maximum absolute atomic E-state index is 12.1. The third-order valence-electron chi connectivity index (χ3n) is 3.83. The summed E-state index contributed by atoms with van der Waals surface area (Å²) in [5.41, 5.74) is 3.05. The van der Waals surface area contributed by atoms with Crippen molar-refractivity contribution in [1.29, 1.82) is 0 Å². The van der Waals surface area contributed by atoms with Gasteiger partial charge < -0.3 is 35.2 Å². The second kappa shape index (κ2) is 9.68. The van der Waals surface area contributed by atoms with Crippen molar-refractivity contribution in [2.45, 2.75) is 36.3 Å². The molecule has 8 N–H and O–H groups in total. The number of alkyl halides is 1. The molecule has 7 atom stereocenters.